The highest BCUT2D eigenvalue weighted by atomic mass is 127. The molecule has 0 amide bonds. The Kier molecular flexibility index (Phi) is 8.82. The van der Waals surface area contributed by atoms with Crippen molar-refractivity contribution in [3.05, 3.63) is 58.2 Å². The van der Waals surface area contributed by atoms with Crippen LogP contribution in [0.1, 0.15) is 27.6 Å². The predicted octanol–water partition coefficient (Wildman–Crippen LogP) is 5.09. The van der Waals surface area contributed by atoms with Crippen LogP contribution >= 0.6 is 67.8 Å². The second-order valence-corrected chi connectivity index (χ2v) is 11.5. The van der Waals surface area contributed by atoms with E-state index in [0.29, 0.717) is 19.8 Å². The van der Waals surface area contributed by atoms with Crippen molar-refractivity contribution in [1.82, 2.24) is 0 Å². The van der Waals surface area contributed by atoms with Gasteiger partial charge < -0.3 is 9.47 Å². The van der Waals surface area contributed by atoms with E-state index in [-0.39, 0.29) is 11.1 Å². The van der Waals surface area contributed by atoms with Gasteiger partial charge in [0.25, 0.3) is 10.1 Å². The molecule has 0 fully saturated rings. The first-order valence-electron chi connectivity index (χ1n) is 8.24. The largest absolute Gasteiger partial charge is 0.445 e. The number of esters is 2. The third-order valence-corrected chi connectivity index (χ3v) is 7.03. The lowest BCUT2D eigenvalue weighted by molar-refractivity contribution is -0.243. The average molecular weight is 810 g/mol. The minimum atomic E-state index is -5.27. The first-order chi connectivity index (χ1) is 14.5. The van der Waals surface area contributed by atoms with Crippen LogP contribution in [0.4, 0.5) is 13.2 Å². The molecular weight excluding hydrogens is 798 g/mol. The van der Waals surface area contributed by atoms with E-state index in [1.165, 1.54) is 0 Å². The number of alkyl halides is 3. The quantitative estimate of drug-likeness (QED) is 0.188. The molecule has 1 N–H and O–H groups in total. The van der Waals surface area contributed by atoms with Gasteiger partial charge in [-0.05, 0) is 111 Å². The van der Waals surface area contributed by atoms with Gasteiger partial charge in [-0.3, -0.25) is 4.55 Å². The number of carbonyl (C=O) groups is 2. The van der Waals surface area contributed by atoms with Crippen LogP contribution in [0.15, 0.2) is 36.4 Å². The highest BCUT2D eigenvalue weighted by Crippen LogP contribution is 2.35. The van der Waals surface area contributed by atoms with Crippen LogP contribution in [-0.2, 0) is 14.9 Å². The van der Waals surface area contributed by atoms with Crippen LogP contribution in [0.2, 0.25) is 0 Å². The molecule has 1 atom stereocenters. The Labute approximate surface area is 221 Å². The number of halogens is 6. The predicted molar refractivity (Wildman–Crippen MR) is 132 cm³/mol. The van der Waals surface area contributed by atoms with Gasteiger partial charge in [-0.1, -0.05) is 0 Å². The number of benzene rings is 2. The van der Waals surface area contributed by atoms with Gasteiger partial charge in [-0.15, -0.1) is 0 Å². The lowest BCUT2D eigenvalue weighted by Crippen LogP contribution is -2.51. The summed E-state index contributed by atoms with van der Waals surface area (Å²) >= 11 is 6.12. The molecule has 2 rings (SSSR count). The van der Waals surface area contributed by atoms with Gasteiger partial charge in [-0.2, -0.15) is 21.6 Å². The van der Waals surface area contributed by atoms with Crippen molar-refractivity contribution >= 4 is 89.8 Å². The molecule has 14 heteroatoms. The summed E-state index contributed by atoms with van der Waals surface area (Å²) in [6, 6.07) is 7.97. The van der Waals surface area contributed by atoms with Gasteiger partial charge in [0.15, 0.2) is 5.75 Å². The van der Waals surface area contributed by atoms with E-state index < -0.39 is 39.6 Å². The number of rotatable bonds is 6. The van der Waals surface area contributed by atoms with Crippen LogP contribution in [0.3, 0.4) is 0 Å². The first-order valence-corrected chi connectivity index (χ1v) is 13.1. The summed E-state index contributed by atoms with van der Waals surface area (Å²) in [7, 11) is -5.11. The molecule has 0 heterocycles. The highest BCUT2D eigenvalue weighted by Gasteiger charge is 2.57. The summed E-state index contributed by atoms with van der Waals surface area (Å²) in [5.74, 6) is -3.78. The van der Waals surface area contributed by atoms with Gasteiger partial charge in [0.1, 0.15) is 5.75 Å². The van der Waals surface area contributed by atoms with E-state index >= 15 is 0 Å². The molecule has 0 aromatic heterocycles. The van der Waals surface area contributed by atoms with Crippen LogP contribution in [0.5, 0.6) is 5.75 Å². The van der Waals surface area contributed by atoms with Crippen LogP contribution in [0.25, 0.3) is 0 Å². The monoisotopic (exact) mass is 810 g/mol. The summed E-state index contributed by atoms with van der Waals surface area (Å²) < 4.78 is 82.6. The maximum atomic E-state index is 13.3. The molecule has 0 aliphatic rings. The molecule has 1 unspecified atom stereocenters. The molecule has 2 aromatic carbocycles. The summed E-state index contributed by atoms with van der Waals surface area (Å²) in [5.41, 5.74) is -3.83. The van der Waals surface area contributed by atoms with Gasteiger partial charge >= 0.3 is 18.1 Å². The van der Waals surface area contributed by atoms with Gasteiger partial charge in [-0.25, -0.2) is 9.59 Å². The zero-order chi connectivity index (χ0) is 24.5. The zero-order valence-electron chi connectivity index (χ0n) is 15.7. The third-order valence-electron chi connectivity index (χ3n) is 3.89. The molecule has 174 valence electrons. The van der Waals surface area contributed by atoms with Crippen molar-refractivity contribution in [1.29, 1.82) is 0 Å². The lowest BCUT2D eigenvalue weighted by Gasteiger charge is -2.30. The van der Waals surface area contributed by atoms with Crippen molar-refractivity contribution in [2.24, 2.45) is 0 Å². The topological polar surface area (TPSA) is 107 Å². The minimum Gasteiger partial charge on any atom is -0.445 e. The van der Waals surface area contributed by atoms with Crippen molar-refractivity contribution in [3.63, 3.8) is 0 Å². The second kappa shape index (κ2) is 10.3. The fraction of sp³-hybridized carbons (Fsp3) is 0.222. The fourth-order valence-corrected chi connectivity index (χ4v) is 7.02. The molecule has 7 nitrogen and oxygen atoms in total. The average Bonchev–Trinajstić information content (AvgIpc) is 2.62. The Morgan fingerprint density at radius 2 is 1.41 bits per heavy atom. The van der Waals surface area contributed by atoms with Gasteiger partial charge in [0, 0.05) is 3.57 Å². The molecular formula is C18H12F3I3O7S. The molecule has 0 saturated heterocycles. The Bertz CT molecular complexity index is 1130. The fourth-order valence-electron chi connectivity index (χ4n) is 2.30. The number of ether oxygens (including phenoxy) is 2. The molecule has 0 aliphatic heterocycles. The number of hydrogen-bond acceptors (Lipinski definition) is 6. The normalized spacial score (nSPS) is 13.9. The summed E-state index contributed by atoms with van der Waals surface area (Å²) in [5, 5.41) is 0. The molecule has 0 bridgehead atoms. The van der Waals surface area contributed by atoms with Crippen molar-refractivity contribution < 1.29 is 45.2 Å². The first kappa shape index (κ1) is 27.5. The van der Waals surface area contributed by atoms with Crippen molar-refractivity contribution in [3.8, 4) is 5.75 Å². The second-order valence-electron chi connectivity index (χ2n) is 6.51. The maximum Gasteiger partial charge on any atom is 0.429 e. The Morgan fingerprint density at radius 1 is 0.969 bits per heavy atom. The summed E-state index contributed by atoms with van der Waals surface area (Å²) in [6.07, 6.45) is -5.27. The molecule has 0 spiro atoms. The van der Waals surface area contributed by atoms with E-state index in [0.717, 1.165) is 27.8 Å². The van der Waals surface area contributed by atoms with E-state index in [4.69, 9.17) is 9.29 Å². The van der Waals surface area contributed by atoms with Crippen LogP contribution < -0.4 is 4.74 Å². The van der Waals surface area contributed by atoms with Crippen molar-refractivity contribution in [2.45, 2.75) is 18.7 Å². The highest BCUT2D eigenvalue weighted by molar-refractivity contribution is 14.1. The van der Waals surface area contributed by atoms with Crippen LogP contribution in [0, 0.1) is 10.7 Å². The van der Waals surface area contributed by atoms with Crippen LogP contribution in [-0.4, -0.2) is 42.4 Å². The summed E-state index contributed by atoms with van der Waals surface area (Å²) in [6.45, 7) is 0.328. The molecule has 2 aromatic rings. The molecule has 0 radical (unpaired) electrons. The van der Waals surface area contributed by atoms with E-state index in [1.807, 2.05) is 45.2 Å². The number of carbonyl (C=O) groups excluding carboxylic acids is 2. The maximum absolute atomic E-state index is 13.3. The van der Waals surface area contributed by atoms with Crippen molar-refractivity contribution in [2.75, 3.05) is 5.75 Å². The zero-order valence-corrected chi connectivity index (χ0v) is 23.0. The van der Waals surface area contributed by atoms with E-state index in [2.05, 4.69) is 27.3 Å². The SMILES string of the molecule is CC(CS(=O)(=O)O)(OC(=O)c1ccc(C(=O)Oc2c(I)cc(I)cc2I)cc1)C(F)(F)F. The standard InChI is InChI=1S/C18H12F3I3O7S/c1-17(18(19,20)21,8-32(27,28)29)31-16(26)10-4-2-9(3-5-10)15(25)30-14-12(23)6-11(22)7-13(14)24/h2-7H,8H2,1H3,(H,27,28,29). The van der Waals surface area contributed by atoms with E-state index in [1.54, 1.807) is 12.1 Å². The molecule has 0 saturated carbocycles. The summed E-state index contributed by atoms with van der Waals surface area (Å²) in [4.78, 5) is 24.6. The van der Waals surface area contributed by atoms with E-state index in [9.17, 15) is 31.2 Å². The lowest BCUT2D eigenvalue weighted by atomic mass is 10.1. The van der Waals surface area contributed by atoms with Gasteiger partial charge in [0.2, 0.25) is 5.60 Å². The molecule has 32 heavy (non-hydrogen) atoms. The Hall–Kier alpha value is -0.730. The smallest absolute Gasteiger partial charge is 0.429 e. The number of hydrogen-bond donors (Lipinski definition) is 1. The third kappa shape index (κ3) is 7.13. The Morgan fingerprint density at radius 3 is 1.81 bits per heavy atom. The minimum absolute atomic E-state index is 0.0169. The molecule has 0 aliphatic carbocycles. The Balaban J connectivity index is 2.21. The van der Waals surface area contributed by atoms with Gasteiger partial charge in [0.05, 0.1) is 18.3 Å².